The first-order valence-corrected chi connectivity index (χ1v) is 7.61. The van der Waals surface area contributed by atoms with E-state index in [1.165, 1.54) is 0 Å². The highest BCUT2D eigenvalue weighted by molar-refractivity contribution is 7.98. The molecule has 1 aromatic rings. The summed E-state index contributed by atoms with van der Waals surface area (Å²) in [5, 5.41) is 0.760. The largest absolute Gasteiger partial charge is 0.371 e. The van der Waals surface area contributed by atoms with E-state index in [-0.39, 0.29) is 0 Å². The molecule has 1 unspecified atom stereocenters. The smallest absolute Gasteiger partial charge is 0.0471 e. The number of anilines is 1. The first-order valence-electron chi connectivity index (χ1n) is 5.84. The molecule has 2 N–H and O–H groups in total. The Labute approximate surface area is 114 Å². The Morgan fingerprint density at radius 2 is 2.18 bits per heavy atom. The second-order valence-electron chi connectivity index (χ2n) is 4.11. The second-order valence-corrected chi connectivity index (χ2v) is 5.43. The van der Waals surface area contributed by atoms with Crippen LogP contribution in [-0.4, -0.2) is 25.1 Å². The SMILES string of the molecule is CCC(CSC)N(C)c1ccc(CN)c(Cl)c1. The zero-order valence-corrected chi connectivity index (χ0v) is 12.3. The number of nitrogens with zero attached hydrogens (tertiary/aromatic N) is 1. The number of rotatable bonds is 6. The van der Waals surface area contributed by atoms with Gasteiger partial charge in [-0.05, 0) is 30.4 Å². The molecule has 0 bridgehead atoms. The molecular weight excluding hydrogens is 252 g/mol. The van der Waals surface area contributed by atoms with Crippen molar-refractivity contribution < 1.29 is 0 Å². The summed E-state index contributed by atoms with van der Waals surface area (Å²) in [4.78, 5) is 2.29. The molecule has 2 nitrogen and oxygen atoms in total. The van der Waals surface area contributed by atoms with Crippen molar-refractivity contribution in [2.24, 2.45) is 5.73 Å². The lowest BCUT2D eigenvalue weighted by Crippen LogP contribution is -2.33. The minimum Gasteiger partial charge on any atom is -0.371 e. The number of nitrogens with two attached hydrogens (primary N) is 1. The van der Waals surface area contributed by atoms with Gasteiger partial charge < -0.3 is 10.6 Å². The summed E-state index contributed by atoms with van der Waals surface area (Å²) in [7, 11) is 2.12. The zero-order chi connectivity index (χ0) is 12.8. The van der Waals surface area contributed by atoms with Crippen LogP contribution in [0.1, 0.15) is 18.9 Å². The predicted octanol–water partition coefficient (Wildman–Crippen LogP) is 3.38. The van der Waals surface area contributed by atoms with Crippen molar-refractivity contribution in [1.82, 2.24) is 0 Å². The Balaban J connectivity index is 2.87. The van der Waals surface area contributed by atoms with E-state index in [0.29, 0.717) is 12.6 Å². The Kier molecular flexibility index (Phi) is 6.17. The highest BCUT2D eigenvalue weighted by atomic mass is 35.5. The molecule has 0 fully saturated rings. The van der Waals surface area contributed by atoms with Gasteiger partial charge in [0.2, 0.25) is 0 Å². The van der Waals surface area contributed by atoms with Crippen LogP contribution in [0.25, 0.3) is 0 Å². The molecule has 4 heteroatoms. The van der Waals surface area contributed by atoms with Gasteiger partial charge in [0, 0.05) is 36.1 Å². The van der Waals surface area contributed by atoms with E-state index in [9.17, 15) is 0 Å². The topological polar surface area (TPSA) is 29.3 Å². The number of hydrogen-bond acceptors (Lipinski definition) is 3. The predicted molar refractivity (Wildman–Crippen MR) is 80.2 cm³/mol. The fourth-order valence-corrected chi connectivity index (χ4v) is 2.92. The standard InChI is InChI=1S/C13H21ClN2S/c1-4-11(9-17-3)16(2)12-6-5-10(8-15)13(14)7-12/h5-7,11H,4,8-9,15H2,1-3H3. The molecule has 0 saturated heterocycles. The Morgan fingerprint density at radius 3 is 2.65 bits per heavy atom. The minimum absolute atomic E-state index is 0.491. The van der Waals surface area contributed by atoms with Crippen LogP contribution < -0.4 is 10.6 Å². The van der Waals surface area contributed by atoms with Crippen molar-refractivity contribution in [1.29, 1.82) is 0 Å². The second kappa shape index (κ2) is 7.14. The molecule has 0 radical (unpaired) electrons. The molecule has 0 heterocycles. The maximum absolute atomic E-state index is 6.19. The third-order valence-corrected chi connectivity index (χ3v) is 4.11. The summed E-state index contributed by atoms with van der Waals surface area (Å²) in [5.41, 5.74) is 7.77. The summed E-state index contributed by atoms with van der Waals surface area (Å²) >= 11 is 8.06. The molecule has 1 atom stereocenters. The highest BCUT2D eigenvalue weighted by Crippen LogP contribution is 2.25. The summed E-state index contributed by atoms with van der Waals surface area (Å²) in [6.07, 6.45) is 3.27. The maximum Gasteiger partial charge on any atom is 0.0471 e. The van der Waals surface area contributed by atoms with Gasteiger partial charge in [0.05, 0.1) is 0 Å². The molecule has 96 valence electrons. The van der Waals surface area contributed by atoms with Crippen LogP contribution in [0, 0.1) is 0 Å². The van der Waals surface area contributed by atoms with Crippen LogP contribution in [0.15, 0.2) is 18.2 Å². The quantitative estimate of drug-likeness (QED) is 0.861. The van der Waals surface area contributed by atoms with E-state index in [0.717, 1.165) is 28.4 Å². The highest BCUT2D eigenvalue weighted by Gasteiger charge is 2.13. The molecule has 0 aliphatic rings. The van der Waals surface area contributed by atoms with Crippen molar-refractivity contribution in [2.75, 3.05) is 24.0 Å². The van der Waals surface area contributed by atoms with E-state index in [2.05, 4.69) is 31.2 Å². The number of hydrogen-bond donors (Lipinski definition) is 1. The first kappa shape index (κ1) is 14.7. The van der Waals surface area contributed by atoms with Crippen LogP contribution in [0.2, 0.25) is 5.02 Å². The van der Waals surface area contributed by atoms with E-state index in [1.54, 1.807) is 0 Å². The molecule has 0 saturated carbocycles. The van der Waals surface area contributed by atoms with Crippen LogP contribution in [0.3, 0.4) is 0 Å². The van der Waals surface area contributed by atoms with Crippen LogP contribution in [-0.2, 0) is 6.54 Å². The van der Waals surface area contributed by atoms with Crippen LogP contribution >= 0.6 is 23.4 Å². The van der Waals surface area contributed by atoms with Gasteiger partial charge in [-0.3, -0.25) is 0 Å². The lowest BCUT2D eigenvalue weighted by Gasteiger charge is -2.29. The monoisotopic (exact) mass is 272 g/mol. The van der Waals surface area contributed by atoms with Gasteiger partial charge in [0.1, 0.15) is 0 Å². The average molecular weight is 273 g/mol. The van der Waals surface area contributed by atoms with Gasteiger partial charge in [-0.1, -0.05) is 24.6 Å². The molecule has 17 heavy (non-hydrogen) atoms. The number of thioether (sulfide) groups is 1. The Hall–Kier alpha value is -0.380. The lowest BCUT2D eigenvalue weighted by molar-refractivity contribution is 0.673. The third kappa shape index (κ3) is 3.80. The molecule has 0 aliphatic heterocycles. The van der Waals surface area contributed by atoms with Gasteiger partial charge in [-0.15, -0.1) is 0 Å². The fourth-order valence-electron chi connectivity index (χ4n) is 1.83. The normalized spacial score (nSPS) is 12.5. The van der Waals surface area contributed by atoms with E-state index >= 15 is 0 Å². The molecule has 0 aliphatic carbocycles. The summed E-state index contributed by atoms with van der Waals surface area (Å²) < 4.78 is 0. The van der Waals surface area contributed by atoms with Gasteiger partial charge >= 0.3 is 0 Å². The van der Waals surface area contributed by atoms with Crippen LogP contribution in [0.5, 0.6) is 0 Å². The average Bonchev–Trinajstić information content (AvgIpc) is 2.35. The Morgan fingerprint density at radius 1 is 1.47 bits per heavy atom. The van der Waals surface area contributed by atoms with Crippen molar-refractivity contribution in [3.8, 4) is 0 Å². The lowest BCUT2D eigenvalue weighted by atomic mass is 10.1. The Bertz CT molecular complexity index is 357. The van der Waals surface area contributed by atoms with Crippen molar-refractivity contribution >= 4 is 29.1 Å². The number of halogens is 1. The third-order valence-electron chi connectivity index (χ3n) is 3.04. The molecular formula is C13H21ClN2S. The summed E-state index contributed by atoms with van der Waals surface area (Å²) in [5.74, 6) is 1.13. The molecule has 1 aromatic carbocycles. The minimum atomic E-state index is 0.491. The van der Waals surface area contributed by atoms with E-state index < -0.39 is 0 Å². The molecule has 0 spiro atoms. The van der Waals surface area contributed by atoms with Crippen molar-refractivity contribution in [3.05, 3.63) is 28.8 Å². The van der Waals surface area contributed by atoms with Gasteiger partial charge in [0.25, 0.3) is 0 Å². The molecule has 1 rings (SSSR count). The molecule has 0 aromatic heterocycles. The van der Waals surface area contributed by atoms with Crippen LogP contribution in [0.4, 0.5) is 5.69 Å². The fraction of sp³-hybridized carbons (Fsp3) is 0.538. The summed E-state index contributed by atoms with van der Waals surface area (Å²) in [6.45, 7) is 2.71. The van der Waals surface area contributed by atoms with Gasteiger partial charge in [0.15, 0.2) is 0 Å². The first-order chi connectivity index (χ1) is 8.13. The summed E-state index contributed by atoms with van der Waals surface area (Å²) in [6, 6.07) is 6.66. The van der Waals surface area contributed by atoms with Gasteiger partial charge in [-0.25, -0.2) is 0 Å². The van der Waals surface area contributed by atoms with E-state index in [4.69, 9.17) is 17.3 Å². The van der Waals surface area contributed by atoms with Crippen molar-refractivity contribution in [2.45, 2.75) is 25.9 Å². The maximum atomic E-state index is 6.19. The number of benzene rings is 1. The van der Waals surface area contributed by atoms with E-state index in [1.807, 2.05) is 23.9 Å². The van der Waals surface area contributed by atoms with Crippen molar-refractivity contribution in [3.63, 3.8) is 0 Å². The van der Waals surface area contributed by atoms with Gasteiger partial charge in [-0.2, -0.15) is 11.8 Å². The zero-order valence-electron chi connectivity index (χ0n) is 10.7. The molecule has 0 amide bonds.